The van der Waals surface area contributed by atoms with Crippen LogP contribution in [0.2, 0.25) is 0 Å². The molecular weight excluding hydrogens is 276 g/mol. The van der Waals surface area contributed by atoms with E-state index >= 15 is 0 Å². The first-order chi connectivity index (χ1) is 10.9. The normalized spacial score (nSPS) is 21.5. The summed E-state index contributed by atoms with van der Waals surface area (Å²) in [4.78, 5) is 13.4. The van der Waals surface area contributed by atoms with Gasteiger partial charge >= 0.3 is 0 Å². The van der Waals surface area contributed by atoms with Gasteiger partial charge in [0, 0.05) is 51.5 Å². The molecular formula is C17H20N4O. The van der Waals surface area contributed by atoms with Crippen molar-refractivity contribution in [2.24, 2.45) is 0 Å². The zero-order valence-electron chi connectivity index (χ0n) is 12.6. The van der Waals surface area contributed by atoms with Crippen LogP contribution in [0.15, 0.2) is 42.7 Å². The summed E-state index contributed by atoms with van der Waals surface area (Å²) in [5.74, 6) is 1.90. The van der Waals surface area contributed by atoms with Gasteiger partial charge in [0.25, 0.3) is 0 Å². The molecule has 1 fully saturated rings. The molecule has 0 N–H and O–H groups in total. The summed E-state index contributed by atoms with van der Waals surface area (Å²) in [6, 6.07) is 10.2. The van der Waals surface area contributed by atoms with E-state index in [9.17, 15) is 0 Å². The molecule has 3 heterocycles. The number of hydrogen-bond donors (Lipinski definition) is 0. The fourth-order valence-corrected chi connectivity index (χ4v) is 3.23. The first-order valence-electron chi connectivity index (χ1n) is 7.87. The molecule has 22 heavy (non-hydrogen) atoms. The Bertz CT molecular complexity index is 601. The summed E-state index contributed by atoms with van der Waals surface area (Å²) in [6.45, 7) is 5.02. The van der Waals surface area contributed by atoms with Gasteiger partial charge in [-0.3, -0.25) is 4.90 Å². The second kappa shape index (κ2) is 5.93. The number of anilines is 1. The van der Waals surface area contributed by atoms with Gasteiger partial charge < -0.3 is 9.64 Å². The van der Waals surface area contributed by atoms with E-state index in [-0.39, 0.29) is 6.10 Å². The SMILES string of the molecule is c1cnc(N2CCN(CC3Cc4ccccc4O3)CC2)nc1. The van der Waals surface area contributed by atoms with Crippen LogP contribution in [0.25, 0.3) is 0 Å². The maximum absolute atomic E-state index is 6.04. The minimum atomic E-state index is 0.289. The Morgan fingerprint density at radius 1 is 1.00 bits per heavy atom. The highest BCUT2D eigenvalue weighted by Gasteiger charge is 2.26. The Morgan fingerprint density at radius 2 is 1.77 bits per heavy atom. The molecule has 1 saturated heterocycles. The Balaban J connectivity index is 1.30. The number of piperazine rings is 1. The zero-order chi connectivity index (χ0) is 14.8. The first kappa shape index (κ1) is 13.5. The smallest absolute Gasteiger partial charge is 0.225 e. The van der Waals surface area contributed by atoms with E-state index in [2.05, 4.69) is 38.0 Å². The van der Waals surface area contributed by atoms with Crippen LogP contribution in [-0.4, -0.2) is 53.7 Å². The van der Waals surface area contributed by atoms with E-state index in [1.165, 1.54) is 5.56 Å². The topological polar surface area (TPSA) is 41.5 Å². The van der Waals surface area contributed by atoms with Crippen LogP contribution in [0, 0.1) is 0 Å². The van der Waals surface area contributed by atoms with Crippen molar-refractivity contribution in [3.63, 3.8) is 0 Å². The molecule has 1 aromatic heterocycles. The molecule has 0 saturated carbocycles. The van der Waals surface area contributed by atoms with Crippen molar-refractivity contribution in [1.82, 2.24) is 14.9 Å². The lowest BCUT2D eigenvalue weighted by molar-refractivity contribution is 0.145. The number of nitrogens with zero attached hydrogens (tertiary/aromatic N) is 4. The minimum absolute atomic E-state index is 0.289. The van der Waals surface area contributed by atoms with Crippen LogP contribution < -0.4 is 9.64 Å². The number of fused-ring (bicyclic) bond motifs is 1. The maximum atomic E-state index is 6.04. The van der Waals surface area contributed by atoms with E-state index in [0.29, 0.717) is 0 Å². The summed E-state index contributed by atoms with van der Waals surface area (Å²) < 4.78 is 6.04. The van der Waals surface area contributed by atoms with E-state index in [4.69, 9.17) is 4.74 Å². The van der Waals surface area contributed by atoms with Gasteiger partial charge in [0.1, 0.15) is 11.9 Å². The van der Waals surface area contributed by atoms with Crippen molar-refractivity contribution >= 4 is 5.95 Å². The molecule has 0 aliphatic carbocycles. The molecule has 5 heteroatoms. The quantitative estimate of drug-likeness (QED) is 0.860. The average Bonchev–Trinajstić information content (AvgIpc) is 2.98. The molecule has 0 radical (unpaired) electrons. The lowest BCUT2D eigenvalue weighted by atomic mass is 10.1. The van der Waals surface area contributed by atoms with Crippen LogP contribution in [0.1, 0.15) is 5.56 Å². The first-order valence-corrected chi connectivity index (χ1v) is 7.87. The standard InChI is InChI=1S/C17H20N4O/c1-2-5-16-14(4-1)12-15(22-16)13-20-8-10-21(11-9-20)17-18-6-3-7-19-17/h1-7,15H,8-13H2. The van der Waals surface area contributed by atoms with Crippen molar-refractivity contribution in [2.45, 2.75) is 12.5 Å². The molecule has 0 bridgehead atoms. The van der Waals surface area contributed by atoms with E-state index < -0.39 is 0 Å². The van der Waals surface area contributed by atoms with E-state index in [0.717, 1.165) is 50.8 Å². The summed E-state index contributed by atoms with van der Waals surface area (Å²) in [6.07, 6.45) is 4.92. The summed E-state index contributed by atoms with van der Waals surface area (Å²) in [5.41, 5.74) is 1.34. The van der Waals surface area contributed by atoms with E-state index in [1.807, 2.05) is 12.1 Å². The van der Waals surface area contributed by atoms with Crippen LogP contribution in [-0.2, 0) is 6.42 Å². The Hall–Kier alpha value is -2.14. The molecule has 0 spiro atoms. The van der Waals surface area contributed by atoms with Gasteiger partial charge in [0.15, 0.2) is 0 Å². The molecule has 1 atom stereocenters. The maximum Gasteiger partial charge on any atom is 0.225 e. The van der Waals surface area contributed by atoms with E-state index in [1.54, 1.807) is 12.4 Å². The van der Waals surface area contributed by atoms with Crippen molar-refractivity contribution < 1.29 is 4.74 Å². The lowest BCUT2D eigenvalue weighted by Crippen LogP contribution is -2.49. The number of benzene rings is 1. The highest BCUT2D eigenvalue weighted by Crippen LogP contribution is 2.28. The van der Waals surface area contributed by atoms with Gasteiger partial charge in [0.2, 0.25) is 5.95 Å². The molecule has 2 aromatic rings. The second-order valence-electron chi connectivity index (χ2n) is 5.89. The minimum Gasteiger partial charge on any atom is -0.488 e. The molecule has 2 aliphatic heterocycles. The molecule has 5 nitrogen and oxygen atoms in total. The van der Waals surface area contributed by atoms with Crippen LogP contribution in [0.4, 0.5) is 5.95 Å². The van der Waals surface area contributed by atoms with Gasteiger partial charge in [-0.2, -0.15) is 0 Å². The summed E-state index contributed by atoms with van der Waals surface area (Å²) in [5, 5.41) is 0. The predicted octanol–water partition coefficient (Wildman–Crippen LogP) is 1.60. The fourth-order valence-electron chi connectivity index (χ4n) is 3.23. The van der Waals surface area contributed by atoms with Crippen LogP contribution in [0.3, 0.4) is 0 Å². The third kappa shape index (κ3) is 2.76. The molecule has 4 rings (SSSR count). The zero-order valence-corrected chi connectivity index (χ0v) is 12.6. The fraction of sp³-hybridized carbons (Fsp3) is 0.412. The van der Waals surface area contributed by atoms with Crippen molar-refractivity contribution in [2.75, 3.05) is 37.6 Å². The van der Waals surface area contributed by atoms with Gasteiger partial charge in [-0.15, -0.1) is 0 Å². The third-order valence-electron chi connectivity index (χ3n) is 4.38. The largest absolute Gasteiger partial charge is 0.488 e. The molecule has 1 unspecified atom stereocenters. The second-order valence-corrected chi connectivity index (χ2v) is 5.89. The summed E-state index contributed by atoms with van der Waals surface area (Å²) >= 11 is 0. The van der Waals surface area contributed by atoms with Crippen molar-refractivity contribution in [3.05, 3.63) is 48.3 Å². The molecule has 0 amide bonds. The predicted molar refractivity (Wildman–Crippen MR) is 85.2 cm³/mol. The molecule has 1 aromatic carbocycles. The Kier molecular flexibility index (Phi) is 3.64. The number of hydrogen-bond acceptors (Lipinski definition) is 5. The summed E-state index contributed by atoms with van der Waals surface area (Å²) in [7, 11) is 0. The Morgan fingerprint density at radius 3 is 2.55 bits per heavy atom. The highest BCUT2D eigenvalue weighted by atomic mass is 16.5. The Labute approximate surface area is 130 Å². The van der Waals surface area contributed by atoms with Crippen molar-refractivity contribution in [3.8, 4) is 5.75 Å². The van der Waals surface area contributed by atoms with Gasteiger partial charge in [0.05, 0.1) is 0 Å². The third-order valence-corrected chi connectivity index (χ3v) is 4.38. The average molecular weight is 296 g/mol. The monoisotopic (exact) mass is 296 g/mol. The molecule has 2 aliphatic rings. The number of aromatic nitrogens is 2. The number of para-hydroxylation sites is 1. The van der Waals surface area contributed by atoms with Crippen molar-refractivity contribution in [1.29, 1.82) is 0 Å². The van der Waals surface area contributed by atoms with Gasteiger partial charge in [-0.1, -0.05) is 18.2 Å². The van der Waals surface area contributed by atoms with Gasteiger partial charge in [-0.25, -0.2) is 9.97 Å². The van der Waals surface area contributed by atoms with Crippen LogP contribution in [0.5, 0.6) is 5.75 Å². The number of rotatable bonds is 3. The molecule has 114 valence electrons. The lowest BCUT2D eigenvalue weighted by Gasteiger charge is -2.35. The number of ether oxygens (including phenoxy) is 1. The van der Waals surface area contributed by atoms with Gasteiger partial charge in [-0.05, 0) is 17.7 Å². The highest BCUT2D eigenvalue weighted by molar-refractivity contribution is 5.37. The van der Waals surface area contributed by atoms with Crippen LogP contribution >= 0.6 is 0 Å².